The van der Waals surface area contributed by atoms with Gasteiger partial charge in [0.05, 0.1) is 0 Å². The highest BCUT2D eigenvalue weighted by Gasteiger charge is 2.22. The summed E-state index contributed by atoms with van der Waals surface area (Å²) in [7, 11) is 0. The zero-order valence-corrected chi connectivity index (χ0v) is 7.60. The fourth-order valence-electron chi connectivity index (χ4n) is 1.39. The molecule has 6 heteroatoms. The lowest BCUT2D eigenvalue weighted by Crippen LogP contribution is -2.49. The smallest absolute Gasteiger partial charge is 0.152 e. The topological polar surface area (TPSA) is 81.1 Å². The molecule has 1 atom stereocenters. The molecule has 0 amide bonds. The normalized spacial score (nSPS) is 20.4. The summed E-state index contributed by atoms with van der Waals surface area (Å²) in [5, 5.41) is 6.64. The number of nitrogens with one attached hydrogen (secondary N) is 1. The van der Waals surface area contributed by atoms with Crippen LogP contribution >= 0.6 is 0 Å². The largest absolute Gasteiger partial charge is 0.314 e. The fraction of sp³-hybridized carbons (Fsp3) is 0.857. The second-order valence-electron chi connectivity index (χ2n) is 2.98. The van der Waals surface area contributed by atoms with Crippen LogP contribution in [-0.2, 0) is 4.79 Å². The standard InChI is InChI=1S/C7H13N5O/c1-6(13)7(10-11-8)12-4-2-9-3-5-12/h7,9H,2-5H2,1H3. The van der Waals surface area contributed by atoms with Gasteiger partial charge >= 0.3 is 0 Å². The minimum absolute atomic E-state index is 0.0975. The van der Waals surface area contributed by atoms with Crippen LogP contribution in [-0.4, -0.2) is 43.0 Å². The van der Waals surface area contributed by atoms with Gasteiger partial charge in [-0.05, 0) is 12.5 Å². The van der Waals surface area contributed by atoms with Crippen LogP contribution in [0, 0.1) is 0 Å². The van der Waals surface area contributed by atoms with Crippen molar-refractivity contribution in [3.8, 4) is 0 Å². The summed E-state index contributed by atoms with van der Waals surface area (Å²) in [5.74, 6) is -0.0975. The maximum Gasteiger partial charge on any atom is 0.152 e. The molecular weight excluding hydrogens is 170 g/mol. The Bertz CT molecular complexity index is 227. The molecule has 0 aromatic heterocycles. The molecule has 0 radical (unpaired) electrons. The third-order valence-electron chi connectivity index (χ3n) is 2.02. The van der Waals surface area contributed by atoms with Crippen molar-refractivity contribution < 1.29 is 4.79 Å². The monoisotopic (exact) mass is 183 g/mol. The lowest BCUT2D eigenvalue weighted by molar-refractivity contribution is -0.122. The second kappa shape index (κ2) is 4.81. The number of Topliss-reactive ketones (excluding diaryl/α,β-unsaturated/α-hetero) is 1. The Kier molecular flexibility index (Phi) is 3.70. The van der Waals surface area contributed by atoms with Crippen LogP contribution in [0.1, 0.15) is 6.92 Å². The summed E-state index contributed by atoms with van der Waals surface area (Å²) >= 11 is 0. The van der Waals surface area contributed by atoms with E-state index in [9.17, 15) is 4.79 Å². The average molecular weight is 183 g/mol. The molecule has 1 unspecified atom stereocenters. The molecule has 0 aromatic carbocycles. The molecule has 1 aliphatic rings. The van der Waals surface area contributed by atoms with E-state index in [0.29, 0.717) is 0 Å². The van der Waals surface area contributed by atoms with E-state index in [1.54, 1.807) is 0 Å². The molecule has 1 N–H and O–H groups in total. The molecule has 0 spiro atoms. The number of ketones is 1. The predicted octanol–water partition coefficient (Wildman–Crippen LogP) is 0.117. The SMILES string of the molecule is CC(=O)C(N=[N+]=[N-])N1CCNCC1. The molecule has 0 aliphatic carbocycles. The molecule has 0 bridgehead atoms. The first-order valence-corrected chi connectivity index (χ1v) is 4.25. The molecule has 72 valence electrons. The Morgan fingerprint density at radius 3 is 2.69 bits per heavy atom. The molecule has 1 rings (SSSR count). The van der Waals surface area contributed by atoms with Crippen molar-refractivity contribution in [2.45, 2.75) is 13.1 Å². The second-order valence-corrected chi connectivity index (χ2v) is 2.98. The molecule has 1 heterocycles. The molecule has 0 saturated carbocycles. The van der Waals surface area contributed by atoms with Crippen molar-refractivity contribution in [1.29, 1.82) is 0 Å². The minimum Gasteiger partial charge on any atom is -0.314 e. The van der Waals surface area contributed by atoms with E-state index in [2.05, 4.69) is 15.3 Å². The van der Waals surface area contributed by atoms with Crippen LogP contribution in [0.4, 0.5) is 0 Å². The fourth-order valence-corrected chi connectivity index (χ4v) is 1.39. The van der Waals surface area contributed by atoms with Gasteiger partial charge in [0.2, 0.25) is 0 Å². The predicted molar refractivity (Wildman–Crippen MR) is 48.1 cm³/mol. The van der Waals surface area contributed by atoms with Gasteiger partial charge in [-0.15, -0.1) is 0 Å². The van der Waals surface area contributed by atoms with E-state index in [1.807, 2.05) is 4.90 Å². The van der Waals surface area contributed by atoms with Crippen LogP contribution in [0.25, 0.3) is 10.4 Å². The van der Waals surface area contributed by atoms with Crippen LogP contribution in [0.3, 0.4) is 0 Å². The lowest BCUT2D eigenvalue weighted by atomic mass is 10.2. The number of carbonyl (C=O) groups is 1. The molecular formula is C7H13N5O. The summed E-state index contributed by atoms with van der Waals surface area (Å²) in [5.41, 5.74) is 8.28. The van der Waals surface area contributed by atoms with E-state index >= 15 is 0 Å². The van der Waals surface area contributed by atoms with Gasteiger partial charge in [-0.3, -0.25) is 9.69 Å². The van der Waals surface area contributed by atoms with E-state index in [0.717, 1.165) is 26.2 Å². The number of carbonyl (C=O) groups excluding carboxylic acids is 1. The number of azide groups is 1. The van der Waals surface area contributed by atoms with Crippen molar-refractivity contribution in [3.05, 3.63) is 10.4 Å². The molecule has 13 heavy (non-hydrogen) atoms. The maximum atomic E-state index is 11.1. The van der Waals surface area contributed by atoms with Gasteiger partial charge in [0.15, 0.2) is 5.78 Å². The van der Waals surface area contributed by atoms with E-state index in [-0.39, 0.29) is 5.78 Å². The quantitative estimate of drug-likeness (QED) is 0.383. The first kappa shape index (κ1) is 9.98. The zero-order valence-electron chi connectivity index (χ0n) is 7.60. The number of hydrogen-bond acceptors (Lipinski definition) is 4. The van der Waals surface area contributed by atoms with Gasteiger partial charge in [-0.1, -0.05) is 5.11 Å². The van der Waals surface area contributed by atoms with Crippen molar-refractivity contribution in [2.75, 3.05) is 26.2 Å². The van der Waals surface area contributed by atoms with Crippen molar-refractivity contribution >= 4 is 5.78 Å². The average Bonchev–Trinajstić information content (AvgIpc) is 2.15. The summed E-state index contributed by atoms with van der Waals surface area (Å²) in [4.78, 5) is 15.7. The Labute approximate surface area is 76.5 Å². The van der Waals surface area contributed by atoms with Crippen molar-refractivity contribution in [1.82, 2.24) is 10.2 Å². The zero-order chi connectivity index (χ0) is 9.68. The van der Waals surface area contributed by atoms with Crippen LogP contribution in [0.5, 0.6) is 0 Å². The third kappa shape index (κ3) is 2.69. The molecule has 0 aromatic rings. The Balaban J connectivity index is 2.62. The van der Waals surface area contributed by atoms with Crippen LogP contribution < -0.4 is 5.32 Å². The third-order valence-corrected chi connectivity index (χ3v) is 2.02. The summed E-state index contributed by atoms with van der Waals surface area (Å²) in [6.45, 7) is 4.63. The summed E-state index contributed by atoms with van der Waals surface area (Å²) in [6, 6.07) is 0. The Morgan fingerprint density at radius 1 is 1.62 bits per heavy atom. The van der Waals surface area contributed by atoms with Gasteiger partial charge in [0, 0.05) is 31.1 Å². The van der Waals surface area contributed by atoms with Gasteiger partial charge in [-0.2, -0.15) is 0 Å². The molecule has 1 saturated heterocycles. The summed E-state index contributed by atoms with van der Waals surface area (Å²) in [6.07, 6.45) is -0.618. The highest BCUT2D eigenvalue weighted by molar-refractivity contribution is 5.81. The molecule has 1 aliphatic heterocycles. The highest BCUT2D eigenvalue weighted by atomic mass is 16.1. The number of piperazine rings is 1. The van der Waals surface area contributed by atoms with Gasteiger partial charge < -0.3 is 5.32 Å². The van der Waals surface area contributed by atoms with Crippen LogP contribution in [0.2, 0.25) is 0 Å². The van der Waals surface area contributed by atoms with E-state index in [4.69, 9.17) is 5.53 Å². The number of hydrogen-bond donors (Lipinski definition) is 1. The number of rotatable bonds is 3. The van der Waals surface area contributed by atoms with E-state index < -0.39 is 6.17 Å². The Hall–Kier alpha value is -1.10. The van der Waals surface area contributed by atoms with Gasteiger partial charge in [0.1, 0.15) is 6.17 Å². The van der Waals surface area contributed by atoms with E-state index in [1.165, 1.54) is 6.92 Å². The molecule has 6 nitrogen and oxygen atoms in total. The van der Waals surface area contributed by atoms with Gasteiger partial charge in [-0.25, -0.2) is 0 Å². The summed E-state index contributed by atoms with van der Waals surface area (Å²) < 4.78 is 0. The molecule has 1 fully saturated rings. The van der Waals surface area contributed by atoms with Crippen molar-refractivity contribution in [3.63, 3.8) is 0 Å². The minimum atomic E-state index is -0.618. The van der Waals surface area contributed by atoms with Gasteiger partial charge in [0.25, 0.3) is 0 Å². The number of nitrogens with zero attached hydrogens (tertiary/aromatic N) is 4. The maximum absolute atomic E-state index is 11.1. The van der Waals surface area contributed by atoms with Crippen molar-refractivity contribution in [2.24, 2.45) is 5.11 Å². The highest BCUT2D eigenvalue weighted by Crippen LogP contribution is 2.04. The first-order chi connectivity index (χ1) is 6.25. The lowest BCUT2D eigenvalue weighted by Gasteiger charge is -2.30. The van der Waals surface area contributed by atoms with Crippen LogP contribution in [0.15, 0.2) is 5.11 Å². The Morgan fingerprint density at radius 2 is 2.23 bits per heavy atom. The first-order valence-electron chi connectivity index (χ1n) is 4.25.